The number of rotatable bonds is 10. The van der Waals surface area contributed by atoms with Gasteiger partial charge < -0.3 is 18.9 Å². The number of nitriles is 1. The Bertz CT molecular complexity index is 2090. The van der Waals surface area contributed by atoms with Crippen molar-refractivity contribution in [2.24, 2.45) is 0 Å². The zero-order valence-corrected chi connectivity index (χ0v) is 30.2. The number of hydrogen-bond acceptors (Lipinski definition) is 12. The highest BCUT2D eigenvalue weighted by molar-refractivity contribution is 7.91. The number of halogens is 2. The van der Waals surface area contributed by atoms with E-state index in [2.05, 4.69) is 39.9 Å². The number of ether oxygens (including phenoxy) is 4. The topological polar surface area (TPSA) is 163 Å². The maximum absolute atomic E-state index is 17.0. The number of aromatic nitrogens is 3. The van der Waals surface area contributed by atoms with Crippen molar-refractivity contribution in [1.82, 2.24) is 15.0 Å². The summed E-state index contributed by atoms with van der Waals surface area (Å²) >= 11 is 0.767. The molecule has 0 spiro atoms. The van der Waals surface area contributed by atoms with E-state index in [-0.39, 0.29) is 74.5 Å². The number of thiophene rings is 1. The molecule has 256 valence electrons. The Balaban J connectivity index is 1.73. The number of hydrogen-bond donors (Lipinski definition) is 1. The van der Waals surface area contributed by atoms with Gasteiger partial charge in [0.15, 0.2) is 18.4 Å². The van der Waals surface area contributed by atoms with Crippen LogP contribution in [-0.2, 0) is 37.3 Å². The maximum Gasteiger partial charge on any atom is 0.412 e. The van der Waals surface area contributed by atoms with E-state index in [1.165, 1.54) is 6.92 Å². The summed E-state index contributed by atoms with van der Waals surface area (Å²) in [4.78, 5) is 25.1. The Kier molecular flexibility index (Phi) is 9.78. The van der Waals surface area contributed by atoms with Crippen molar-refractivity contribution >= 4 is 61.3 Å². The molecule has 0 radical (unpaired) electrons. The molecule has 3 aromatic heterocycles. The number of nitrogens with zero attached hydrogens (tertiary/aromatic N) is 4. The van der Waals surface area contributed by atoms with E-state index in [9.17, 15) is 18.5 Å². The number of carbonyl (C=O) groups is 1. The van der Waals surface area contributed by atoms with Crippen LogP contribution in [0.4, 0.5) is 18.6 Å². The largest absolute Gasteiger partial charge is 0.450 e. The van der Waals surface area contributed by atoms with Crippen LogP contribution in [0, 0.1) is 23.0 Å². The molecule has 0 atom stereocenters. The highest BCUT2D eigenvalue weighted by Gasteiger charge is 2.33. The number of anilines is 1. The average Bonchev–Trinajstić information content (AvgIpc) is 3.61. The molecule has 1 aromatic carbocycles. The van der Waals surface area contributed by atoms with Crippen LogP contribution in [0.1, 0.15) is 44.4 Å². The van der Waals surface area contributed by atoms with Gasteiger partial charge in [-0.25, -0.2) is 27.0 Å². The summed E-state index contributed by atoms with van der Waals surface area (Å²) in [6.45, 7) is 13.0. The molecule has 1 aliphatic rings. The first-order chi connectivity index (χ1) is 22.5. The van der Waals surface area contributed by atoms with Crippen LogP contribution in [0.15, 0.2) is 11.4 Å². The number of carbonyl (C=O) groups excluding carboxylic acids is 1. The normalized spacial score (nSPS) is 13.5. The predicted molar refractivity (Wildman–Crippen MR) is 178 cm³/mol. The summed E-state index contributed by atoms with van der Waals surface area (Å²) in [5, 5.41) is 12.1. The summed E-state index contributed by atoms with van der Waals surface area (Å²) in [5.74, 6) is -2.35. The van der Waals surface area contributed by atoms with Gasteiger partial charge in [0.1, 0.15) is 22.2 Å². The smallest absolute Gasteiger partial charge is 0.412 e. The molecule has 4 aromatic rings. The molecule has 48 heavy (non-hydrogen) atoms. The minimum Gasteiger partial charge on any atom is -0.450 e. The molecule has 0 fully saturated rings. The van der Waals surface area contributed by atoms with Gasteiger partial charge >= 0.3 is 6.09 Å². The van der Waals surface area contributed by atoms with Gasteiger partial charge in [-0.3, -0.25) is 10.3 Å². The lowest BCUT2D eigenvalue weighted by molar-refractivity contribution is 0.0198. The van der Waals surface area contributed by atoms with Crippen LogP contribution in [0.2, 0.25) is 25.7 Å². The average molecular weight is 720 g/mol. The fourth-order valence-corrected chi connectivity index (χ4v) is 7.49. The molecule has 1 aliphatic heterocycles. The fraction of sp³-hybridized carbons (Fsp3) is 0.452. The molecule has 5 rings (SSSR count). The second kappa shape index (κ2) is 13.2. The second-order valence-corrected chi connectivity index (χ2v) is 22.1. The van der Waals surface area contributed by atoms with E-state index >= 15 is 8.78 Å². The molecule has 1 amide bonds. The monoisotopic (exact) mass is 719 g/mol. The first-order valence-corrected chi connectivity index (χ1v) is 21.2. The molecule has 12 nitrogen and oxygen atoms in total. The van der Waals surface area contributed by atoms with Crippen molar-refractivity contribution in [3.8, 4) is 23.2 Å². The Labute approximate surface area is 281 Å². The van der Waals surface area contributed by atoms with Crippen molar-refractivity contribution in [3.05, 3.63) is 34.5 Å². The molecule has 17 heteroatoms. The van der Waals surface area contributed by atoms with E-state index in [1.807, 2.05) is 6.07 Å². The first kappa shape index (κ1) is 35.5. The van der Waals surface area contributed by atoms with Gasteiger partial charge in [0.25, 0.3) is 5.16 Å². The van der Waals surface area contributed by atoms with Gasteiger partial charge in [0.05, 0.1) is 46.5 Å². The van der Waals surface area contributed by atoms with Crippen LogP contribution in [0.25, 0.3) is 32.2 Å². The summed E-state index contributed by atoms with van der Waals surface area (Å²) in [6, 6.07) is 2.84. The number of pyridine rings is 1. The van der Waals surface area contributed by atoms with Gasteiger partial charge in [0.2, 0.25) is 15.7 Å². The van der Waals surface area contributed by atoms with E-state index in [1.54, 1.807) is 20.8 Å². The molecule has 0 aliphatic carbocycles. The first-order valence-electron chi connectivity index (χ1n) is 15.0. The minimum absolute atomic E-state index is 0.0209. The fourth-order valence-electron chi connectivity index (χ4n) is 4.98. The Morgan fingerprint density at radius 2 is 1.88 bits per heavy atom. The third-order valence-corrected chi connectivity index (χ3v) is 11.6. The summed E-state index contributed by atoms with van der Waals surface area (Å²) in [5.41, 5.74) is -0.938. The number of fused-ring (bicyclic) bond motifs is 4. The number of nitrogens with one attached hydrogen (secondary N) is 1. The van der Waals surface area contributed by atoms with Gasteiger partial charge in [-0.2, -0.15) is 10.2 Å². The molecule has 0 unspecified atom stereocenters. The molecular weight excluding hydrogens is 685 g/mol. The van der Waals surface area contributed by atoms with E-state index in [0.717, 1.165) is 23.6 Å². The number of benzene rings is 1. The predicted octanol–water partition coefficient (Wildman–Crippen LogP) is 6.92. The van der Waals surface area contributed by atoms with Crippen molar-refractivity contribution in [1.29, 1.82) is 5.26 Å². The number of amides is 1. The Hall–Kier alpha value is -3.82. The molecular formula is C31H35F2N5O7S2Si. The van der Waals surface area contributed by atoms with Gasteiger partial charge in [-0.1, -0.05) is 26.6 Å². The molecule has 1 N–H and O–H groups in total. The van der Waals surface area contributed by atoms with E-state index < -0.39 is 46.4 Å². The van der Waals surface area contributed by atoms with Gasteiger partial charge in [-0.15, -0.1) is 11.3 Å². The Morgan fingerprint density at radius 3 is 2.52 bits per heavy atom. The van der Waals surface area contributed by atoms with Crippen molar-refractivity contribution in [2.45, 2.75) is 77.4 Å². The Morgan fingerprint density at radius 1 is 1.17 bits per heavy atom. The van der Waals surface area contributed by atoms with Crippen LogP contribution in [0.5, 0.6) is 5.88 Å². The molecule has 0 saturated heterocycles. The van der Waals surface area contributed by atoms with Crippen LogP contribution >= 0.6 is 11.3 Å². The third kappa shape index (κ3) is 7.13. The SMILES string of the molecule is CCS(=O)(=O)c1nc(OCOCC[Si](C)(C)C)c2c3c(c(-c4ncc(F)c5sc(NC(=O)OC(C)(C)C)c(C#N)c45)c(F)c2n1)COC3. The zero-order chi connectivity index (χ0) is 35.2. The summed E-state index contributed by atoms with van der Waals surface area (Å²) in [7, 11) is -5.44. The maximum atomic E-state index is 17.0. The van der Waals surface area contributed by atoms with E-state index in [4.69, 9.17) is 18.9 Å². The van der Waals surface area contributed by atoms with Crippen LogP contribution in [0.3, 0.4) is 0 Å². The van der Waals surface area contributed by atoms with Crippen LogP contribution in [-0.4, -0.2) is 62.3 Å². The highest BCUT2D eigenvalue weighted by Crippen LogP contribution is 2.47. The third-order valence-electron chi connectivity index (χ3n) is 7.31. The standard InChI is InChI=1S/C31H35F2N5O7S2Si/c1-8-47(40,41)29-36-25-22(27(37-29)44-15-42-9-10-48(5,6)7)18-14-43-13-17(18)20(23(25)33)24-21-16(11-34)28(38-30(39)45-31(2,3)4)46-26(21)19(32)12-35-24/h12H,8-10,13-15H2,1-7H3,(H,38,39). The van der Waals surface area contributed by atoms with Gasteiger partial charge in [0, 0.05) is 25.6 Å². The van der Waals surface area contributed by atoms with Crippen LogP contribution < -0.4 is 10.1 Å². The lowest BCUT2D eigenvalue weighted by atomic mass is 9.93. The van der Waals surface area contributed by atoms with Gasteiger partial charge in [-0.05, 0) is 37.9 Å². The molecule has 4 heterocycles. The molecule has 0 bridgehead atoms. The van der Waals surface area contributed by atoms with E-state index in [0.29, 0.717) is 17.7 Å². The zero-order valence-electron chi connectivity index (χ0n) is 27.5. The summed E-state index contributed by atoms with van der Waals surface area (Å²) < 4.78 is 80.6. The second-order valence-electron chi connectivity index (χ2n) is 13.3. The molecule has 0 saturated carbocycles. The van der Waals surface area contributed by atoms with Crippen molar-refractivity contribution in [2.75, 3.05) is 24.5 Å². The lowest BCUT2D eigenvalue weighted by Crippen LogP contribution is -2.27. The quantitative estimate of drug-likeness (QED) is 0.0784. The lowest BCUT2D eigenvalue weighted by Gasteiger charge is -2.19. The van der Waals surface area contributed by atoms with Crippen molar-refractivity contribution < 1.29 is 40.9 Å². The van der Waals surface area contributed by atoms with Crippen molar-refractivity contribution in [3.63, 3.8) is 0 Å². The minimum atomic E-state index is -4.04. The number of sulfone groups is 1. The summed E-state index contributed by atoms with van der Waals surface area (Å²) in [6.07, 6.45) is 0.0162. The highest BCUT2D eigenvalue weighted by atomic mass is 32.2.